The fraction of sp³-hybridized carbons (Fsp3) is 0. The molecule has 0 fully saturated rings. The molecule has 47 heavy (non-hydrogen) atoms. The Morgan fingerprint density at radius 3 is 1.89 bits per heavy atom. The lowest BCUT2D eigenvalue weighted by atomic mass is 9.80. The predicted octanol–water partition coefficient (Wildman–Crippen LogP) is 8.62. The lowest BCUT2D eigenvalue weighted by Gasteiger charge is -2.12. The second-order valence-electron chi connectivity index (χ2n) is 11.7. The van der Waals surface area contributed by atoms with Gasteiger partial charge in [0.15, 0.2) is 0 Å². The first kappa shape index (κ1) is 27.7. The van der Waals surface area contributed by atoms with E-state index in [1.54, 1.807) is 17.4 Å². The zero-order chi connectivity index (χ0) is 31.5. The zero-order valence-electron chi connectivity index (χ0n) is 25.1. The maximum absolute atomic E-state index is 10.1. The van der Waals surface area contributed by atoms with Gasteiger partial charge in [-0.1, -0.05) is 115 Å². The van der Waals surface area contributed by atoms with Crippen molar-refractivity contribution in [2.75, 3.05) is 0 Å². The smallest absolute Gasteiger partial charge is 0.423 e. The summed E-state index contributed by atoms with van der Waals surface area (Å²) in [6, 6.07) is 49.5. The average molecular weight is 624 g/mol. The minimum atomic E-state index is -1.58. The Labute approximate surface area is 274 Å². The van der Waals surface area contributed by atoms with Gasteiger partial charge in [-0.3, -0.25) is 4.57 Å². The fourth-order valence-electron chi connectivity index (χ4n) is 6.58. The van der Waals surface area contributed by atoms with Crippen LogP contribution in [-0.4, -0.2) is 31.7 Å². The summed E-state index contributed by atoms with van der Waals surface area (Å²) in [5.41, 5.74) is 8.37. The third-order valence-electron chi connectivity index (χ3n) is 8.83. The molecular formula is C40H26BN3O2S. The van der Waals surface area contributed by atoms with E-state index in [1.165, 1.54) is 10.4 Å². The molecule has 0 saturated carbocycles. The second-order valence-corrected chi connectivity index (χ2v) is 12.7. The molecule has 0 unspecified atom stereocenters. The van der Waals surface area contributed by atoms with E-state index in [9.17, 15) is 10.0 Å². The first-order chi connectivity index (χ1) is 23.1. The summed E-state index contributed by atoms with van der Waals surface area (Å²) in [5.74, 6) is 0.556. The number of hydrogen-bond donors (Lipinski definition) is 2. The highest BCUT2D eigenvalue weighted by molar-refractivity contribution is 7.23. The van der Waals surface area contributed by atoms with Crippen molar-refractivity contribution in [3.05, 3.63) is 146 Å². The zero-order valence-corrected chi connectivity index (χ0v) is 25.9. The number of rotatable bonds is 5. The van der Waals surface area contributed by atoms with Crippen molar-refractivity contribution in [3.63, 3.8) is 0 Å². The third-order valence-corrected chi connectivity index (χ3v) is 10.1. The first-order valence-corrected chi connectivity index (χ1v) is 16.3. The van der Waals surface area contributed by atoms with E-state index in [-0.39, 0.29) is 0 Å². The van der Waals surface area contributed by atoms with Crippen LogP contribution in [0.2, 0.25) is 0 Å². The van der Waals surface area contributed by atoms with Gasteiger partial charge in [-0.15, -0.1) is 11.3 Å². The van der Waals surface area contributed by atoms with Gasteiger partial charge in [-0.25, -0.2) is 9.97 Å². The van der Waals surface area contributed by atoms with Gasteiger partial charge in [-0.2, -0.15) is 0 Å². The predicted molar refractivity (Wildman–Crippen MR) is 195 cm³/mol. The van der Waals surface area contributed by atoms with Crippen LogP contribution in [0.1, 0.15) is 0 Å². The van der Waals surface area contributed by atoms with E-state index in [1.807, 2.05) is 54.6 Å². The molecule has 0 bridgehead atoms. The maximum Gasteiger partial charge on any atom is 0.488 e. The summed E-state index contributed by atoms with van der Waals surface area (Å²) in [7, 11) is -1.58. The van der Waals surface area contributed by atoms with Gasteiger partial charge in [0.1, 0.15) is 0 Å². The van der Waals surface area contributed by atoms with Crippen molar-refractivity contribution in [1.29, 1.82) is 0 Å². The highest BCUT2D eigenvalue weighted by Gasteiger charge is 2.21. The molecule has 222 valence electrons. The Kier molecular flexibility index (Phi) is 6.50. The molecule has 0 aliphatic carbocycles. The monoisotopic (exact) mass is 623 g/mol. The van der Waals surface area contributed by atoms with Crippen molar-refractivity contribution in [2.45, 2.75) is 0 Å². The second kappa shape index (κ2) is 11.0. The van der Waals surface area contributed by atoms with E-state index in [0.717, 1.165) is 65.2 Å². The lowest BCUT2D eigenvalue weighted by Crippen LogP contribution is -2.29. The summed E-state index contributed by atoms with van der Waals surface area (Å²) in [5, 5.41) is 24.2. The minimum Gasteiger partial charge on any atom is -0.423 e. The van der Waals surface area contributed by atoms with Crippen molar-refractivity contribution < 1.29 is 10.0 Å². The van der Waals surface area contributed by atoms with Crippen molar-refractivity contribution in [1.82, 2.24) is 14.5 Å². The molecule has 7 heteroatoms. The standard InChI is InChI=1S/C40H26BN3O2S/c45-41(46)30-18-21-35-32(24-30)31-22-28(25-10-4-1-5-11-25)17-20-34(31)44(35)40-42-33-19-16-29-23-36(26-12-6-2-7-13-26)47-39(29)37(33)38(43-40)27-14-8-3-9-15-27/h1-24,45-46H. The summed E-state index contributed by atoms with van der Waals surface area (Å²) in [6.07, 6.45) is 0. The van der Waals surface area contributed by atoms with Crippen LogP contribution in [0, 0.1) is 0 Å². The van der Waals surface area contributed by atoms with Crippen molar-refractivity contribution in [3.8, 4) is 38.8 Å². The highest BCUT2D eigenvalue weighted by Crippen LogP contribution is 2.42. The summed E-state index contributed by atoms with van der Waals surface area (Å²) in [6.45, 7) is 0. The topological polar surface area (TPSA) is 71.2 Å². The van der Waals surface area contributed by atoms with Crippen LogP contribution in [0.15, 0.2) is 146 Å². The molecule has 3 aromatic heterocycles. The molecule has 9 rings (SSSR count). The molecule has 0 aliphatic heterocycles. The van der Waals surface area contributed by atoms with Crippen LogP contribution >= 0.6 is 11.3 Å². The van der Waals surface area contributed by atoms with Gasteiger partial charge < -0.3 is 10.0 Å². The number of aromatic nitrogens is 3. The van der Waals surface area contributed by atoms with Crippen molar-refractivity contribution >= 4 is 66.7 Å². The van der Waals surface area contributed by atoms with Crippen LogP contribution in [0.4, 0.5) is 0 Å². The number of fused-ring (bicyclic) bond motifs is 6. The van der Waals surface area contributed by atoms with Gasteiger partial charge in [-0.05, 0) is 57.9 Å². The molecule has 3 heterocycles. The molecule has 0 atom stereocenters. The summed E-state index contributed by atoms with van der Waals surface area (Å²) in [4.78, 5) is 11.8. The fourth-order valence-corrected chi connectivity index (χ4v) is 7.79. The molecule has 0 spiro atoms. The van der Waals surface area contributed by atoms with E-state index >= 15 is 0 Å². The molecule has 9 aromatic rings. The van der Waals surface area contributed by atoms with E-state index in [4.69, 9.17) is 9.97 Å². The van der Waals surface area contributed by atoms with E-state index < -0.39 is 7.12 Å². The molecule has 0 aliphatic rings. The molecular weight excluding hydrogens is 597 g/mol. The number of hydrogen-bond acceptors (Lipinski definition) is 5. The first-order valence-electron chi connectivity index (χ1n) is 15.5. The van der Waals surface area contributed by atoms with Gasteiger partial charge in [0.25, 0.3) is 0 Å². The van der Waals surface area contributed by atoms with Crippen LogP contribution in [0.25, 0.3) is 81.6 Å². The normalized spacial score (nSPS) is 11.6. The van der Waals surface area contributed by atoms with Gasteiger partial charge in [0, 0.05) is 31.3 Å². The van der Waals surface area contributed by atoms with Crippen LogP contribution in [0.5, 0.6) is 0 Å². The largest absolute Gasteiger partial charge is 0.488 e. The quantitative estimate of drug-likeness (QED) is 0.188. The third kappa shape index (κ3) is 4.63. The molecule has 5 nitrogen and oxygen atoms in total. The Morgan fingerprint density at radius 1 is 0.553 bits per heavy atom. The molecule has 0 saturated heterocycles. The number of thiophene rings is 1. The molecule has 0 amide bonds. The average Bonchev–Trinajstić information content (AvgIpc) is 3.71. The Hall–Kier alpha value is -5.60. The van der Waals surface area contributed by atoms with E-state index in [0.29, 0.717) is 11.4 Å². The Morgan fingerprint density at radius 2 is 1.19 bits per heavy atom. The van der Waals surface area contributed by atoms with E-state index in [2.05, 4.69) is 89.5 Å². The van der Waals surface area contributed by atoms with Gasteiger partial charge in [0.05, 0.1) is 22.2 Å². The van der Waals surface area contributed by atoms with Gasteiger partial charge in [0.2, 0.25) is 5.95 Å². The SMILES string of the molecule is OB(O)c1ccc2c(c1)c1cc(-c3ccccc3)ccc1n2-c1nc(-c2ccccc2)c2c(ccc3cc(-c4ccccc4)sc32)n1. The highest BCUT2D eigenvalue weighted by atomic mass is 32.1. The number of benzene rings is 6. The van der Waals surface area contributed by atoms with Crippen LogP contribution in [-0.2, 0) is 0 Å². The molecule has 0 radical (unpaired) electrons. The molecule has 2 N–H and O–H groups in total. The Bertz CT molecular complexity index is 2600. The lowest BCUT2D eigenvalue weighted by molar-refractivity contribution is 0.426. The number of nitrogens with zero attached hydrogens (tertiary/aromatic N) is 3. The summed E-state index contributed by atoms with van der Waals surface area (Å²) < 4.78 is 3.25. The van der Waals surface area contributed by atoms with Crippen molar-refractivity contribution in [2.24, 2.45) is 0 Å². The summed E-state index contributed by atoms with van der Waals surface area (Å²) >= 11 is 1.77. The Balaban J connectivity index is 1.34. The maximum atomic E-state index is 10.1. The minimum absolute atomic E-state index is 0.431. The van der Waals surface area contributed by atoms with Crippen LogP contribution < -0.4 is 5.46 Å². The molecule has 6 aromatic carbocycles. The van der Waals surface area contributed by atoms with Crippen LogP contribution in [0.3, 0.4) is 0 Å². The van der Waals surface area contributed by atoms with Gasteiger partial charge >= 0.3 is 7.12 Å².